The number of rotatable bonds is 3. The molecule has 0 saturated carbocycles. The third-order valence-electron chi connectivity index (χ3n) is 4.84. The molecule has 0 fully saturated rings. The van der Waals surface area contributed by atoms with Crippen molar-refractivity contribution in [3.05, 3.63) is 44.6 Å². The number of Topliss-reactive ketones (excluding diaryl/α,β-unsaturated/α-hetero) is 1. The summed E-state index contributed by atoms with van der Waals surface area (Å²) in [6.07, 6.45) is 3.94. The number of aryl methyl sites for hydroxylation is 1. The van der Waals surface area contributed by atoms with Crippen LogP contribution in [0.2, 0.25) is 0 Å². The highest BCUT2D eigenvalue weighted by Gasteiger charge is 2.42. The van der Waals surface area contributed by atoms with Gasteiger partial charge in [-0.15, -0.1) is 21.5 Å². The van der Waals surface area contributed by atoms with Crippen LogP contribution in [0.4, 0.5) is 5.13 Å². The Bertz CT molecular complexity index is 1030. The molecule has 1 aliphatic heterocycles. The monoisotopic (exact) mass is 415 g/mol. The number of nitrogens with zero attached hydrogens (tertiary/aromatic N) is 4. The van der Waals surface area contributed by atoms with Crippen LogP contribution in [-0.2, 0) is 4.79 Å². The van der Waals surface area contributed by atoms with Gasteiger partial charge >= 0.3 is 0 Å². The van der Waals surface area contributed by atoms with Gasteiger partial charge in [0.2, 0.25) is 5.13 Å². The second-order valence-corrected chi connectivity index (χ2v) is 9.30. The standard InChI is InChI=1S/C18H17N5OS3/c1-9-6-7-26-15(9)13-10(8-19)16(20)23(17-21-22-18(25-2)27-17)11-4-3-5-12(24)14(11)13/h6-7,13H,3-5,20H2,1-2H3. The molecule has 2 aromatic heterocycles. The molecule has 138 valence electrons. The molecule has 1 aliphatic carbocycles. The first-order valence-electron chi connectivity index (χ1n) is 8.44. The lowest BCUT2D eigenvalue weighted by Gasteiger charge is -2.37. The molecule has 0 bridgehead atoms. The van der Waals surface area contributed by atoms with Gasteiger partial charge in [0.25, 0.3) is 0 Å². The summed E-state index contributed by atoms with van der Waals surface area (Å²) in [6.45, 7) is 2.01. The van der Waals surface area contributed by atoms with Crippen molar-refractivity contribution < 1.29 is 4.79 Å². The first-order valence-corrected chi connectivity index (χ1v) is 11.4. The molecule has 0 aromatic carbocycles. The van der Waals surface area contributed by atoms with Crippen LogP contribution >= 0.6 is 34.4 Å². The Kier molecular flexibility index (Phi) is 4.80. The topological polar surface area (TPSA) is 95.9 Å². The van der Waals surface area contributed by atoms with Crippen LogP contribution in [0.1, 0.15) is 35.6 Å². The largest absolute Gasteiger partial charge is 0.384 e. The zero-order valence-corrected chi connectivity index (χ0v) is 17.3. The van der Waals surface area contributed by atoms with E-state index in [1.807, 2.05) is 24.6 Å². The highest BCUT2D eigenvalue weighted by molar-refractivity contribution is 8.00. The number of hydrogen-bond donors (Lipinski definition) is 1. The third kappa shape index (κ3) is 2.88. The van der Waals surface area contributed by atoms with Gasteiger partial charge in [-0.25, -0.2) is 0 Å². The van der Waals surface area contributed by atoms with Gasteiger partial charge in [0, 0.05) is 22.6 Å². The first-order chi connectivity index (χ1) is 13.1. The van der Waals surface area contributed by atoms with Crippen LogP contribution in [0, 0.1) is 18.3 Å². The SMILES string of the molecule is CSc1nnc(N2C(N)=C(C#N)C(c3sccc3C)C3=C2CCCC3=O)s1. The van der Waals surface area contributed by atoms with E-state index in [1.54, 1.807) is 16.2 Å². The Morgan fingerprint density at radius 3 is 2.85 bits per heavy atom. The second-order valence-electron chi connectivity index (χ2n) is 6.34. The summed E-state index contributed by atoms with van der Waals surface area (Å²) < 4.78 is 0.816. The number of nitrogens with two attached hydrogens (primary N) is 1. The lowest BCUT2D eigenvalue weighted by molar-refractivity contribution is -0.116. The van der Waals surface area contributed by atoms with Gasteiger partial charge < -0.3 is 5.73 Å². The minimum atomic E-state index is -0.387. The maximum Gasteiger partial charge on any atom is 0.219 e. The number of carbonyl (C=O) groups is 1. The summed E-state index contributed by atoms with van der Waals surface area (Å²) >= 11 is 4.49. The normalized spacial score (nSPS) is 20.1. The molecule has 1 unspecified atom stereocenters. The lowest BCUT2D eigenvalue weighted by atomic mass is 9.78. The summed E-state index contributed by atoms with van der Waals surface area (Å²) in [4.78, 5) is 15.8. The van der Waals surface area contributed by atoms with Crippen LogP contribution in [0.5, 0.6) is 0 Å². The number of aromatic nitrogens is 2. The molecule has 2 aliphatic rings. The van der Waals surface area contributed by atoms with E-state index in [4.69, 9.17) is 5.73 Å². The van der Waals surface area contributed by atoms with Crippen molar-refractivity contribution in [3.8, 4) is 6.07 Å². The molecule has 4 rings (SSSR count). The van der Waals surface area contributed by atoms with Crippen LogP contribution < -0.4 is 10.6 Å². The van der Waals surface area contributed by atoms with E-state index in [-0.39, 0.29) is 11.7 Å². The van der Waals surface area contributed by atoms with Gasteiger partial charge in [-0.05, 0) is 43.0 Å². The number of ketones is 1. The minimum absolute atomic E-state index is 0.0916. The molecule has 2 aromatic rings. The quantitative estimate of drug-likeness (QED) is 0.759. The molecule has 9 heteroatoms. The van der Waals surface area contributed by atoms with E-state index >= 15 is 0 Å². The lowest BCUT2D eigenvalue weighted by Crippen LogP contribution is -2.38. The highest BCUT2D eigenvalue weighted by atomic mass is 32.2. The Balaban J connectivity index is 1.96. The van der Waals surface area contributed by atoms with Gasteiger partial charge in [0.1, 0.15) is 5.82 Å². The van der Waals surface area contributed by atoms with Crippen molar-refractivity contribution in [3.63, 3.8) is 0 Å². The maximum atomic E-state index is 13.0. The number of anilines is 1. The fourth-order valence-corrected chi connectivity index (χ4v) is 5.97. The zero-order chi connectivity index (χ0) is 19.1. The zero-order valence-electron chi connectivity index (χ0n) is 14.9. The molecule has 0 spiro atoms. The predicted octanol–water partition coefficient (Wildman–Crippen LogP) is 3.93. The molecular formula is C18H17N5OS3. The molecule has 27 heavy (non-hydrogen) atoms. The molecular weight excluding hydrogens is 398 g/mol. The Labute approximate surface area is 169 Å². The third-order valence-corrected chi connectivity index (χ3v) is 7.81. The van der Waals surface area contributed by atoms with Crippen molar-refractivity contribution in [1.29, 1.82) is 5.26 Å². The van der Waals surface area contributed by atoms with Crippen molar-refractivity contribution in [2.24, 2.45) is 5.73 Å². The summed E-state index contributed by atoms with van der Waals surface area (Å²) in [5, 5.41) is 20.9. The van der Waals surface area contributed by atoms with Crippen LogP contribution in [0.25, 0.3) is 0 Å². The van der Waals surface area contributed by atoms with Crippen molar-refractivity contribution in [1.82, 2.24) is 10.2 Å². The summed E-state index contributed by atoms with van der Waals surface area (Å²) in [5.74, 6) is 0.0588. The van der Waals surface area contributed by atoms with Crippen molar-refractivity contribution in [2.45, 2.75) is 36.4 Å². The van der Waals surface area contributed by atoms with E-state index in [0.717, 1.165) is 33.3 Å². The Hall–Kier alpha value is -2.15. The van der Waals surface area contributed by atoms with Gasteiger partial charge in [-0.1, -0.05) is 23.1 Å². The molecule has 1 atom stereocenters. The average Bonchev–Trinajstić information content (AvgIpc) is 3.29. The van der Waals surface area contributed by atoms with Crippen molar-refractivity contribution >= 4 is 45.4 Å². The van der Waals surface area contributed by atoms with E-state index < -0.39 is 0 Å². The molecule has 0 amide bonds. The maximum absolute atomic E-state index is 13.0. The van der Waals surface area contributed by atoms with E-state index in [1.165, 1.54) is 23.1 Å². The number of carbonyl (C=O) groups excluding carboxylic acids is 1. The van der Waals surface area contributed by atoms with Gasteiger partial charge in [0.15, 0.2) is 10.1 Å². The number of allylic oxidation sites excluding steroid dienone is 3. The summed E-state index contributed by atoms with van der Waals surface area (Å²) in [6, 6.07) is 4.29. The van der Waals surface area contributed by atoms with Gasteiger partial charge in [0.05, 0.1) is 17.6 Å². The molecule has 3 heterocycles. The second kappa shape index (κ2) is 7.11. The summed E-state index contributed by atoms with van der Waals surface area (Å²) in [5.41, 5.74) is 9.53. The van der Waals surface area contributed by atoms with Gasteiger partial charge in [-0.3, -0.25) is 9.69 Å². The van der Waals surface area contributed by atoms with Crippen LogP contribution in [0.15, 0.2) is 38.5 Å². The Morgan fingerprint density at radius 1 is 1.41 bits per heavy atom. The average molecular weight is 416 g/mol. The number of nitriles is 1. The number of thiophene rings is 1. The fraction of sp³-hybridized carbons (Fsp3) is 0.333. The Morgan fingerprint density at radius 2 is 2.22 bits per heavy atom. The summed E-state index contributed by atoms with van der Waals surface area (Å²) in [7, 11) is 0. The molecule has 2 N–H and O–H groups in total. The van der Waals surface area contributed by atoms with E-state index in [2.05, 4.69) is 16.3 Å². The van der Waals surface area contributed by atoms with E-state index in [9.17, 15) is 10.1 Å². The number of thioether (sulfide) groups is 1. The predicted molar refractivity (Wildman–Crippen MR) is 109 cm³/mol. The van der Waals surface area contributed by atoms with E-state index in [0.29, 0.717) is 28.5 Å². The smallest absolute Gasteiger partial charge is 0.219 e. The van der Waals surface area contributed by atoms with Crippen molar-refractivity contribution in [2.75, 3.05) is 11.2 Å². The minimum Gasteiger partial charge on any atom is -0.384 e. The highest BCUT2D eigenvalue weighted by Crippen LogP contribution is 2.48. The molecule has 6 nitrogen and oxygen atoms in total. The molecule has 0 radical (unpaired) electrons. The van der Waals surface area contributed by atoms with Crippen LogP contribution in [0.3, 0.4) is 0 Å². The van der Waals surface area contributed by atoms with Crippen LogP contribution in [-0.4, -0.2) is 22.2 Å². The first kappa shape index (κ1) is 18.2. The number of hydrogen-bond acceptors (Lipinski definition) is 9. The van der Waals surface area contributed by atoms with Gasteiger partial charge in [-0.2, -0.15) is 5.26 Å². The molecule has 0 saturated heterocycles. The fourth-order valence-electron chi connectivity index (χ4n) is 3.62.